The van der Waals surface area contributed by atoms with Crippen LogP contribution >= 0.6 is 0 Å². The number of para-hydroxylation sites is 1. The van der Waals surface area contributed by atoms with Crippen LogP contribution in [0.4, 0.5) is 0 Å². The number of carbonyl (C=O) groups excluding carboxylic acids is 1. The number of carbonyl (C=O) groups is 1. The van der Waals surface area contributed by atoms with Crippen molar-refractivity contribution in [3.8, 4) is 5.75 Å². The molecule has 30 heavy (non-hydrogen) atoms. The minimum atomic E-state index is 0.0842. The molecular weight excluding hydrogens is 372 g/mol. The fourth-order valence-electron chi connectivity index (χ4n) is 4.24. The number of aromatic nitrogens is 1. The van der Waals surface area contributed by atoms with Crippen LogP contribution in [0, 0.1) is 0 Å². The first kappa shape index (κ1) is 20.1. The van der Waals surface area contributed by atoms with E-state index in [1.807, 2.05) is 41.4 Å². The van der Waals surface area contributed by atoms with Crippen molar-refractivity contribution >= 4 is 5.91 Å². The maximum Gasteiger partial charge on any atom is 0.223 e. The van der Waals surface area contributed by atoms with Gasteiger partial charge in [0.05, 0.1) is 18.8 Å². The lowest BCUT2D eigenvalue weighted by Crippen LogP contribution is -2.31. The molecule has 0 spiro atoms. The molecule has 2 heterocycles. The van der Waals surface area contributed by atoms with Gasteiger partial charge in [0.2, 0.25) is 5.91 Å². The number of amides is 1. The summed E-state index contributed by atoms with van der Waals surface area (Å²) in [5.74, 6) is 1.04. The standard InChI is InChI=1S/C26H28N2O2/c1-30-25-12-6-5-10-22(25)14-16-26(29)28-17-7-11-24(28)23-15-13-21(19-27-23)18-20-8-3-2-4-9-20/h2-6,8-10,12-13,15,19,24H,7,11,14,16-18H2,1H3. The second-order valence-electron chi connectivity index (χ2n) is 7.81. The van der Waals surface area contributed by atoms with Crippen molar-refractivity contribution in [1.82, 2.24) is 9.88 Å². The Morgan fingerprint density at radius 1 is 1.03 bits per heavy atom. The second-order valence-corrected chi connectivity index (χ2v) is 7.81. The number of hydrogen-bond acceptors (Lipinski definition) is 3. The number of methoxy groups -OCH3 is 1. The van der Waals surface area contributed by atoms with Gasteiger partial charge in [-0.15, -0.1) is 0 Å². The minimum Gasteiger partial charge on any atom is -0.496 e. The Morgan fingerprint density at radius 2 is 1.83 bits per heavy atom. The van der Waals surface area contributed by atoms with Gasteiger partial charge in [0.1, 0.15) is 5.75 Å². The van der Waals surface area contributed by atoms with Gasteiger partial charge in [0.25, 0.3) is 0 Å². The molecule has 1 aromatic heterocycles. The van der Waals surface area contributed by atoms with Crippen LogP contribution in [0.1, 0.15) is 47.7 Å². The van der Waals surface area contributed by atoms with Gasteiger partial charge >= 0.3 is 0 Å². The molecule has 0 N–H and O–H groups in total. The summed E-state index contributed by atoms with van der Waals surface area (Å²) >= 11 is 0. The summed E-state index contributed by atoms with van der Waals surface area (Å²) in [4.78, 5) is 19.7. The number of benzene rings is 2. The highest BCUT2D eigenvalue weighted by molar-refractivity contribution is 5.77. The summed E-state index contributed by atoms with van der Waals surface area (Å²) in [6.07, 6.45) is 6.01. The molecule has 0 aliphatic carbocycles. The molecule has 4 heteroatoms. The van der Waals surface area contributed by atoms with Crippen LogP contribution in [0.5, 0.6) is 5.75 Å². The molecule has 0 bridgehead atoms. The van der Waals surface area contributed by atoms with Crippen molar-refractivity contribution in [1.29, 1.82) is 0 Å². The van der Waals surface area contributed by atoms with Crippen LogP contribution in [0.3, 0.4) is 0 Å². The van der Waals surface area contributed by atoms with Crippen LogP contribution in [-0.2, 0) is 17.6 Å². The predicted octanol–water partition coefficient (Wildman–Crippen LogP) is 4.98. The van der Waals surface area contributed by atoms with Gasteiger partial charge in [-0.3, -0.25) is 9.78 Å². The number of pyridine rings is 1. The van der Waals surface area contributed by atoms with E-state index >= 15 is 0 Å². The molecule has 1 atom stereocenters. The first-order chi connectivity index (χ1) is 14.7. The largest absolute Gasteiger partial charge is 0.496 e. The van der Waals surface area contributed by atoms with Gasteiger partial charge in [-0.05, 0) is 54.5 Å². The lowest BCUT2D eigenvalue weighted by Gasteiger charge is -2.24. The summed E-state index contributed by atoms with van der Waals surface area (Å²) in [7, 11) is 1.67. The van der Waals surface area contributed by atoms with E-state index in [1.165, 1.54) is 11.1 Å². The Labute approximate surface area is 178 Å². The van der Waals surface area contributed by atoms with Crippen molar-refractivity contribution in [2.24, 2.45) is 0 Å². The molecule has 1 aliphatic rings. The van der Waals surface area contributed by atoms with E-state index in [0.717, 1.165) is 42.8 Å². The molecule has 0 saturated carbocycles. The van der Waals surface area contributed by atoms with E-state index in [4.69, 9.17) is 9.72 Å². The number of ether oxygens (including phenoxy) is 1. The molecule has 3 aromatic rings. The summed E-state index contributed by atoms with van der Waals surface area (Å²) in [5, 5.41) is 0. The van der Waals surface area contributed by atoms with Gasteiger partial charge in [-0.1, -0.05) is 54.6 Å². The average Bonchev–Trinajstić information content (AvgIpc) is 3.29. The highest BCUT2D eigenvalue weighted by Gasteiger charge is 2.30. The normalized spacial score (nSPS) is 15.9. The summed E-state index contributed by atoms with van der Waals surface area (Å²) in [5.41, 5.74) is 4.54. The topological polar surface area (TPSA) is 42.4 Å². The van der Waals surface area contributed by atoms with Crippen molar-refractivity contribution in [3.05, 3.63) is 95.3 Å². The minimum absolute atomic E-state index is 0.0842. The first-order valence-corrected chi connectivity index (χ1v) is 10.6. The van der Waals surface area contributed by atoms with E-state index in [0.29, 0.717) is 12.8 Å². The molecule has 1 amide bonds. The third kappa shape index (κ3) is 4.70. The van der Waals surface area contributed by atoms with E-state index in [-0.39, 0.29) is 11.9 Å². The van der Waals surface area contributed by atoms with Gasteiger partial charge in [0, 0.05) is 19.2 Å². The van der Waals surface area contributed by atoms with Crippen LogP contribution in [0.2, 0.25) is 0 Å². The number of likely N-dealkylation sites (tertiary alicyclic amines) is 1. The number of rotatable bonds is 7. The molecule has 154 valence electrons. The van der Waals surface area contributed by atoms with E-state index in [2.05, 4.69) is 36.4 Å². The zero-order valence-corrected chi connectivity index (χ0v) is 17.5. The van der Waals surface area contributed by atoms with Crippen LogP contribution in [0.25, 0.3) is 0 Å². The predicted molar refractivity (Wildman–Crippen MR) is 118 cm³/mol. The van der Waals surface area contributed by atoms with Crippen LogP contribution in [0.15, 0.2) is 72.9 Å². The molecule has 2 aromatic carbocycles. The molecule has 4 rings (SSSR count). The first-order valence-electron chi connectivity index (χ1n) is 10.6. The van der Waals surface area contributed by atoms with Crippen molar-refractivity contribution in [2.75, 3.05) is 13.7 Å². The Morgan fingerprint density at radius 3 is 2.60 bits per heavy atom. The molecule has 1 unspecified atom stereocenters. The van der Waals surface area contributed by atoms with Gasteiger partial charge in [0.15, 0.2) is 0 Å². The third-order valence-electron chi connectivity index (χ3n) is 5.81. The van der Waals surface area contributed by atoms with Crippen LogP contribution in [-0.4, -0.2) is 29.4 Å². The van der Waals surface area contributed by atoms with E-state index in [9.17, 15) is 4.79 Å². The fraction of sp³-hybridized carbons (Fsp3) is 0.308. The number of nitrogens with zero attached hydrogens (tertiary/aromatic N) is 2. The molecule has 0 radical (unpaired) electrons. The third-order valence-corrected chi connectivity index (χ3v) is 5.81. The van der Waals surface area contributed by atoms with Gasteiger partial charge in [-0.2, -0.15) is 0 Å². The quantitative estimate of drug-likeness (QED) is 0.562. The Bertz CT molecular complexity index is 970. The van der Waals surface area contributed by atoms with Crippen molar-refractivity contribution < 1.29 is 9.53 Å². The number of aryl methyl sites for hydroxylation is 1. The summed E-state index contributed by atoms with van der Waals surface area (Å²) in [6.45, 7) is 0.808. The van der Waals surface area contributed by atoms with Crippen molar-refractivity contribution in [2.45, 2.75) is 38.1 Å². The lowest BCUT2D eigenvalue weighted by molar-refractivity contribution is -0.132. The zero-order chi connectivity index (χ0) is 20.8. The molecule has 1 fully saturated rings. The highest BCUT2D eigenvalue weighted by Crippen LogP contribution is 2.32. The molecule has 1 saturated heterocycles. The second kappa shape index (κ2) is 9.57. The zero-order valence-electron chi connectivity index (χ0n) is 17.5. The highest BCUT2D eigenvalue weighted by atomic mass is 16.5. The number of hydrogen-bond donors (Lipinski definition) is 0. The smallest absolute Gasteiger partial charge is 0.223 e. The lowest BCUT2D eigenvalue weighted by atomic mass is 10.0. The SMILES string of the molecule is COc1ccccc1CCC(=O)N1CCCC1c1ccc(Cc2ccccc2)cn1. The van der Waals surface area contributed by atoms with Gasteiger partial charge < -0.3 is 9.64 Å². The average molecular weight is 401 g/mol. The summed E-state index contributed by atoms with van der Waals surface area (Å²) in [6, 6.07) is 22.6. The molecule has 4 nitrogen and oxygen atoms in total. The maximum absolute atomic E-state index is 13.0. The Hall–Kier alpha value is -3.14. The summed E-state index contributed by atoms with van der Waals surface area (Å²) < 4.78 is 5.41. The molecular formula is C26H28N2O2. The fourth-order valence-corrected chi connectivity index (χ4v) is 4.24. The van der Waals surface area contributed by atoms with Crippen molar-refractivity contribution in [3.63, 3.8) is 0 Å². The van der Waals surface area contributed by atoms with E-state index in [1.54, 1.807) is 7.11 Å². The Kier molecular flexibility index (Phi) is 6.43. The van der Waals surface area contributed by atoms with Crippen LogP contribution < -0.4 is 4.74 Å². The van der Waals surface area contributed by atoms with E-state index < -0.39 is 0 Å². The Balaban J connectivity index is 1.39. The monoisotopic (exact) mass is 400 g/mol. The van der Waals surface area contributed by atoms with Gasteiger partial charge in [-0.25, -0.2) is 0 Å². The molecule has 1 aliphatic heterocycles. The maximum atomic E-state index is 13.0.